The molecule has 2 aromatic carbocycles. The van der Waals surface area contributed by atoms with Crippen molar-refractivity contribution in [3.05, 3.63) is 53.6 Å². The number of aliphatic imine (C=N–C) groups is 1. The van der Waals surface area contributed by atoms with Gasteiger partial charge in [-0.3, -0.25) is 9.69 Å². The van der Waals surface area contributed by atoms with Crippen LogP contribution >= 0.6 is 0 Å². The topological polar surface area (TPSA) is 77.2 Å². The molecular formula is C22H22F3N3O3. The molecule has 0 saturated heterocycles. The summed E-state index contributed by atoms with van der Waals surface area (Å²) in [4.78, 5) is 19.1. The second-order valence-electron chi connectivity index (χ2n) is 7.61. The number of fused-ring (bicyclic) bond motifs is 2. The summed E-state index contributed by atoms with van der Waals surface area (Å²) in [7, 11) is 1.55. The van der Waals surface area contributed by atoms with Crippen LogP contribution in [0.25, 0.3) is 11.1 Å². The minimum Gasteiger partial charge on any atom is -0.467 e. The van der Waals surface area contributed by atoms with E-state index in [1.165, 1.54) is 11.0 Å². The predicted octanol–water partition coefficient (Wildman–Crippen LogP) is 3.89. The number of carbonyl (C=O) groups excluding carboxylic acids is 1. The number of ether oxygens (including phenoxy) is 2. The number of hydrogen-bond acceptors (Lipinski definition) is 5. The minimum atomic E-state index is -4.46. The van der Waals surface area contributed by atoms with E-state index in [0.717, 1.165) is 12.1 Å². The Morgan fingerprint density at radius 3 is 2.61 bits per heavy atom. The maximum Gasteiger partial charge on any atom is 0.416 e. The van der Waals surface area contributed by atoms with Gasteiger partial charge in [0.15, 0.2) is 18.3 Å². The van der Waals surface area contributed by atoms with Gasteiger partial charge in [0.1, 0.15) is 5.75 Å². The third kappa shape index (κ3) is 3.85. The molecule has 1 amide bonds. The van der Waals surface area contributed by atoms with Gasteiger partial charge in [-0.2, -0.15) is 13.2 Å². The molecule has 31 heavy (non-hydrogen) atoms. The van der Waals surface area contributed by atoms with Gasteiger partial charge in [0.25, 0.3) is 5.91 Å². The fraction of sp³-hybridized carbons (Fsp3) is 0.364. The summed E-state index contributed by atoms with van der Waals surface area (Å²) in [6.07, 6.45) is -2.72. The average Bonchev–Trinajstić information content (AvgIpc) is 2.97. The van der Waals surface area contributed by atoms with Crippen LogP contribution in [0.15, 0.2) is 47.5 Å². The van der Waals surface area contributed by atoms with Crippen LogP contribution in [-0.2, 0) is 21.2 Å². The van der Waals surface area contributed by atoms with Crippen LogP contribution < -0.4 is 10.5 Å². The second-order valence-corrected chi connectivity index (χ2v) is 7.61. The van der Waals surface area contributed by atoms with Gasteiger partial charge in [0.05, 0.1) is 12.2 Å². The summed E-state index contributed by atoms with van der Waals surface area (Å²) < 4.78 is 50.8. The lowest BCUT2D eigenvalue weighted by molar-refractivity contribution is -0.137. The van der Waals surface area contributed by atoms with Crippen molar-refractivity contribution in [3.8, 4) is 16.9 Å². The Morgan fingerprint density at radius 2 is 1.90 bits per heavy atom. The largest absolute Gasteiger partial charge is 0.467 e. The standard InChI is InChI=1S/C22H22F3N3O3/c1-28-19(29)21(27-20(28)26)9-2-3-10-30-13-31-18-8-7-15(12-17(18)21)14-5-4-6-16(11-14)22(23,24)25/h4-8,11-12H,2-3,9-10,13H2,1H3,(H2,26,27). The van der Waals surface area contributed by atoms with Crippen molar-refractivity contribution in [1.29, 1.82) is 0 Å². The Bertz CT molecular complexity index is 1040. The number of halogens is 3. The van der Waals surface area contributed by atoms with E-state index in [1.807, 2.05) is 0 Å². The Morgan fingerprint density at radius 1 is 1.13 bits per heavy atom. The van der Waals surface area contributed by atoms with E-state index in [0.29, 0.717) is 48.3 Å². The molecule has 164 valence electrons. The molecule has 2 aliphatic rings. The smallest absolute Gasteiger partial charge is 0.416 e. The molecular weight excluding hydrogens is 411 g/mol. The summed E-state index contributed by atoms with van der Waals surface area (Å²) >= 11 is 0. The molecule has 2 aliphatic heterocycles. The highest BCUT2D eigenvalue weighted by molar-refractivity contribution is 6.07. The van der Waals surface area contributed by atoms with E-state index in [4.69, 9.17) is 15.2 Å². The molecule has 0 bridgehead atoms. The molecule has 1 atom stereocenters. The highest BCUT2D eigenvalue weighted by atomic mass is 19.4. The van der Waals surface area contributed by atoms with Gasteiger partial charge in [-0.05, 0) is 54.7 Å². The first kappa shape index (κ1) is 21.2. The zero-order chi connectivity index (χ0) is 22.2. The van der Waals surface area contributed by atoms with Crippen molar-refractivity contribution in [2.75, 3.05) is 20.4 Å². The summed E-state index contributed by atoms with van der Waals surface area (Å²) in [5, 5.41) is 0. The van der Waals surface area contributed by atoms with E-state index in [2.05, 4.69) is 4.99 Å². The van der Waals surface area contributed by atoms with Gasteiger partial charge < -0.3 is 15.2 Å². The molecule has 2 heterocycles. The third-order valence-corrected chi connectivity index (χ3v) is 5.63. The highest BCUT2D eigenvalue weighted by Gasteiger charge is 2.49. The molecule has 0 fully saturated rings. The molecule has 0 saturated carbocycles. The lowest BCUT2D eigenvalue weighted by Crippen LogP contribution is -2.41. The van der Waals surface area contributed by atoms with Crippen molar-refractivity contribution in [2.24, 2.45) is 10.7 Å². The van der Waals surface area contributed by atoms with Gasteiger partial charge in [0.2, 0.25) is 0 Å². The SMILES string of the molecule is CN1C(=O)C2(CCCCOCOc3ccc(-c4cccc(C(F)(F)F)c4)cc32)N=C1N. The third-order valence-electron chi connectivity index (χ3n) is 5.63. The number of amides is 1. The van der Waals surface area contributed by atoms with Crippen molar-refractivity contribution in [3.63, 3.8) is 0 Å². The maximum atomic E-state index is 13.2. The molecule has 6 nitrogen and oxygen atoms in total. The molecule has 0 aliphatic carbocycles. The van der Waals surface area contributed by atoms with Crippen molar-refractivity contribution >= 4 is 11.9 Å². The number of hydrogen-bond donors (Lipinski definition) is 1. The molecule has 1 unspecified atom stereocenters. The number of rotatable bonds is 1. The fourth-order valence-electron chi connectivity index (χ4n) is 3.96. The summed E-state index contributed by atoms with van der Waals surface area (Å²) in [5.74, 6) is 0.184. The monoisotopic (exact) mass is 433 g/mol. The minimum absolute atomic E-state index is 0.00475. The first-order valence-corrected chi connectivity index (χ1v) is 9.88. The number of benzene rings is 2. The van der Waals surface area contributed by atoms with Gasteiger partial charge in [0, 0.05) is 12.6 Å². The quantitative estimate of drug-likeness (QED) is 0.740. The lowest BCUT2D eigenvalue weighted by atomic mass is 9.82. The van der Waals surface area contributed by atoms with E-state index in [-0.39, 0.29) is 18.7 Å². The Balaban J connectivity index is 1.88. The first-order valence-electron chi connectivity index (χ1n) is 9.88. The summed E-state index contributed by atoms with van der Waals surface area (Å²) in [6, 6.07) is 10.0. The average molecular weight is 433 g/mol. The van der Waals surface area contributed by atoms with Gasteiger partial charge >= 0.3 is 6.18 Å². The van der Waals surface area contributed by atoms with E-state index >= 15 is 0 Å². The molecule has 0 aromatic heterocycles. The van der Waals surface area contributed by atoms with Crippen LogP contribution in [0.2, 0.25) is 0 Å². The van der Waals surface area contributed by atoms with Gasteiger partial charge in [-0.1, -0.05) is 18.2 Å². The van der Waals surface area contributed by atoms with Crippen molar-refractivity contribution in [1.82, 2.24) is 4.90 Å². The summed E-state index contributed by atoms with van der Waals surface area (Å²) in [5.41, 5.74) is 5.29. The Kier molecular flexibility index (Phi) is 5.38. The van der Waals surface area contributed by atoms with Crippen molar-refractivity contribution < 1.29 is 27.4 Å². The molecule has 0 radical (unpaired) electrons. The number of guanidine groups is 1. The van der Waals surface area contributed by atoms with Crippen LogP contribution in [0.3, 0.4) is 0 Å². The van der Waals surface area contributed by atoms with Crippen LogP contribution in [0.4, 0.5) is 13.2 Å². The normalized spacial score (nSPS) is 22.1. The second kappa shape index (κ2) is 7.88. The van der Waals surface area contributed by atoms with Gasteiger partial charge in [-0.25, -0.2) is 4.99 Å². The molecule has 2 N–H and O–H groups in total. The number of likely N-dealkylation sites (N-methyl/N-ethyl adjacent to an activating group) is 1. The van der Waals surface area contributed by atoms with Crippen LogP contribution in [0.1, 0.15) is 30.4 Å². The van der Waals surface area contributed by atoms with Crippen LogP contribution in [0.5, 0.6) is 5.75 Å². The molecule has 1 spiro atoms. The van der Waals surface area contributed by atoms with E-state index < -0.39 is 17.3 Å². The zero-order valence-corrected chi connectivity index (χ0v) is 16.9. The zero-order valence-electron chi connectivity index (χ0n) is 16.9. The van der Waals surface area contributed by atoms with Crippen molar-refractivity contribution in [2.45, 2.75) is 31.0 Å². The Labute approximate surface area is 177 Å². The molecule has 2 aromatic rings. The lowest BCUT2D eigenvalue weighted by Gasteiger charge is -2.29. The molecule has 4 rings (SSSR count). The van der Waals surface area contributed by atoms with E-state index in [9.17, 15) is 18.0 Å². The molecule has 9 heteroatoms. The fourth-order valence-corrected chi connectivity index (χ4v) is 3.96. The predicted molar refractivity (Wildman–Crippen MR) is 108 cm³/mol. The maximum absolute atomic E-state index is 13.2. The Hall–Kier alpha value is -3.07. The number of alkyl halides is 3. The highest BCUT2D eigenvalue weighted by Crippen LogP contribution is 2.44. The number of nitrogens with two attached hydrogens (primary N) is 1. The van der Waals surface area contributed by atoms with E-state index in [1.54, 1.807) is 31.3 Å². The van der Waals surface area contributed by atoms with Gasteiger partial charge in [-0.15, -0.1) is 0 Å². The number of nitrogens with zero attached hydrogens (tertiary/aromatic N) is 2. The number of carbonyl (C=O) groups is 1. The van der Waals surface area contributed by atoms with Crippen LogP contribution in [-0.4, -0.2) is 37.2 Å². The summed E-state index contributed by atoms with van der Waals surface area (Å²) in [6.45, 7) is 0.478. The first-order chi connectivity index (χ1) is 14.7. The van der Waals surface area contributed by atoms with Crippen LogP contribution in [0, 0.1) is 0 Å².